The highest BCUT2D eigenvalue weighted by atomic mass is 35.5. The summed E-state index contributed by atoms with van der Waals surface area (Å²) in [5.74, 6) is -0.886. The largest absolute Gasteiger partial charge is 0.463 e. The molecule has 0 spiro atoms. The molecule has 23 heavy (non-hydrogen) atoms. The van der Waals surface area contributed by atoms with Crippen molar-refractivity contribution in [3.63, 3.8) is 0 Å². The molecule has 0 aliphatic carbocycles. The van der Waals surface area contributed by atoms with Crippen molar-refractivity contribution in [3.05, 3.63) is 17.9 Å². The second kappa shape index (κ2) is 8.11. The summed E-state index contributed by atoms with van der Waals surface area (Å²) in [6, 6.07) is 2.48. The zero-order chi connectivity index (χ0) is 16.2. The van der Waals surface area contributed by atoms with Crippen molar-refractivity contribution >= 4 is 28.4 Å². The van der Waals surface area contributed by atoms with Crippen LogP contribution in [0, 0.1) is 0 Å². The molecule has 1 aliphatic rings. The normalized spacial score (nSPS) is 21.0. The van der Waals surface area contributed by atoms with Crippen LogP contribution >= 0.6 is 12.4 Å². The van der Waals surface area contributed by atoms with E-state index in [9.17, 15) is 13.2 Å². The van der Waals surface area contributed by atoms with E-state index in [-0.39, 0.29) is 29.8 Å². The predicted octanol–water partition coefficient (Wildman–Crippen LogP) is 0.535. The number of nitrogens with one attached hydrogen (secondary N) is 2. The maximum Gasteiger partial charge on any atom is 0.374 e. The van der Waals surface area contributed by atoms with Crippen LogP contribution in [0.1, 0.15) is 23.4 Å². The van der Waals surface area contributed by atoms with Gasteiger partial charge in [0.05, 0.1) is 19.3 Å². The van der Waals surface area contributed by atoms with E-state index in [4.69, 9.17) is 9.15 Å². The molecule has 1 unspecified atom stereocenters. The Labute approximate surface area is 141 Å². The summed E-state index contributed by atoms with van der Waals surface area (Å²) >= 11 is 0. The highest BCUT2D eigenvalue weighted by molar-refractivity contribution is 7.89. The van der Waals surface area contributed by atoms with Crippen LogP contribution in [0.25, 0.3) is 0 Å². The monoisotopic (exact) mass is 368 g/mol. The molecule has 0 radical (unpaired) electrons. The Kier molecular flexibility index (Phi) is 7.02. The van der Waals surface area contributed by atoms with Crippen LogP contribution in [0.5, 0.6) is 0 Å². The lowest BCUT2D eigenvalue weighted by Crippen LogP contribution is -2.52. The van der Waals surface area contributed by atoms with Gasteiger partial charge in [0, 0.05) is 13.7 Å². The molecule has 1 aromatic rings. The second-order valence-corrected chi connectivity index (χ2v) is 6.88. The summed E-state index contributed by atoms with van der Waals surface area (Å²) in [4.78, 5) is 11.3. The van der Waals surface area contributed by atoms with Crippen molar-refractivity contribution in [2.75, 3.05) is 33.9 Å². The minimum absolute atomic E-state index is 0. The molecule has 2 rings (SSSR count). The number of carbonyl (C=O) groups excluding carboxylic acids is 1. The number of esters is 1. The number of carbonyl (C=O) groups is 1. The standard InChI is InChI=1S/C13H20N2O6S.ClH/c1-19-9-13(6-3-7-14-13)8-15-22(17,18)11-5-4-10(21-11)12(16)20-2;/h4-5,14-15H,3,6-9H2,1-2H3;1H. The average molecular weight is 369 g/mol. The molecule has 0 bridgehead atoms. The third-order valence-corrected chi connectivity index (χ3v) is 4.86. The minimum Gasteiger partial charge on any atom is -0.463 e. The topological polar surface area (TPSA) is 107 Å². The van der Waals surface area contributed by atoms with E-state index in [1.165, 1.54) is 19.2 Å². The number of furan rings is 1. The number of hydrogen-bond donors (Lipinski definition) is 2. The molecule has 0 saturated carbocycles. The molecule has 0 aromatic carbocycles. The first kappa shape index (κ1) is 19.9. The molecular weight excluding hydrogens is 348 g/mol. The SMILES string of the molecule is COCC1(CNS(=O)(=O)c2ccc(C(=O)OC)o2)CCCN1.Cl. The zero-order valence-corrected chi connectivity index (χ0v) is 14.6. The quantitative estimate of drug-likeness (QED) is 0.676. The Morgan fingerprint density at radius 1 is 1.43 bits per heavy atom. The molecule has 8 nitrogen and oxygen atoms in total. The molecule has 1 fully saturated rings. The molecule has 1 saturated heterocycles. The molecule has 1 aliphatic heterocycles. The average Bonchev–Trinajstić information content (AvgIpc) is 3.15. The fourth-order valence-corrected chi connectivity index (χ4v) is 3.50. The van der Waals surface area contributed by atoms with Crippen LogP contribution in [-0.4, -0.2) is 53.8 Å². The molecule has 2 heterocycles. The van der Waals surface area contributed by atoms with Crippen LogP contribution in [-0.2, 0) is 19.5 Å². The van der Waals surface area contributed by atoms with Crippen molar-refractivity contribution in [3.8, 4) is 0 Å². The molecular formula is C13H21ClN2O6S. The van der Waals surface area contributed by atoms with Gasteiger partial charge in [-0.3, -0.25) is 0 Å². The number of halogens is 1. The van der Waals surface area contributed by atoms with Gasteiger partial charge in [-0.1, -0.05) is 0 Å². The van der Waals surface area contributed by atoms with E-state index in [1.807, 2.05) is 0 Å². The minimum atomic E-state index is -3.85. The van der Waals surface area contributed by atoms with E-state index in [2.05, 4.69) is 14.8 Å². The van der Waals surface area contributed by atoms with Gasteiger partial charge in [0.1, 0.15) is 0 Å². The number of methoxy groups -OCH3 is 2. The van der Waals surface area contributed by atoms with Crippen molar-refractivity contribution in [2.45, 2.75) is 23.5 Å². The first-order valence-corrected chi connectivity index (χ1v) is 8.32. The summed E-state index contributed by atoms with van der Waals surface area (Å²) in [6.07, 6.45) is 1.77. The summed E-state index contributed by atoms with van der Waals surface area (Å²) in [7, 11) is -1.08. The van der Waals surface area contributed by atoms with E-state index in [1.54, 1.807) is 7.11 Å². The second-order valence-electron chi connectivity index (χ2n) is 5.18. The highest BCUT2D eigenvalue weighted by Gasteiger charge is 2.35. The predicted molar refractivity (Wildman–Crippen MR) is 84.3 cm³/mol. The Morgan fingerprint density at radius 3 is 2.74 bits per heavy atom. The van der Waals surface area contributed by atoms with Crippen molar-refractivity contribution in [1.29, 1.82) is 0 Å². The van der Waals surface area contributed by atoms with Crippen molar-refractivity contribution < 1.29 is 27.1 Å². The number of rotatable bonds is 7. The van der Waals surface area contributed by atoms with Crippen LogP contribution in [0.15, 0.2) is 21.6 Å². The fraction of sp³-hybridized carbons (Fsp3) is 0.615. The number of sulfonamides is 1. The Balaban J connectivity index is 0.00000264. The van der Waals surface area contributed by atoms with Gasteiger partial charge in [0.25, 0.3) is 10.0 Å². The van der Waals surface area contributed by atoms with Gasteiger partial charge in [0.2, 0.25) is 10.9 Å². The first-order chi connectivity index (χ1) is 10.4. The molecule has 1 atom stereocenters. The van der Waals surface area contributed by atoms with E-state index in [0.29, 0.717) is 6.61 Å². The molecule has 1 aromatic heterocycles. The number of hydrogen-bond acceptors (Lipinski definition) is 7. The van der Waals surface area contributed by atoms with E-state index in [0.717, 1.165) is 19.4 Å². The fourth-order valence-electron chi connectivity index (χ4n) is 2.45. The third-order valence-electron chi connectivity index (χ3n) is 3.59. The lowest BCUT2D eigenvalue weighted by atomic mass is 9.99. The van der Waals surface area contributed by atoms with Gasteiger partial charge in [-0.05, 0) is 31.5 Å². The molecule has 2 N–H and O–H groups in total. The van der Waals surface area contributed by atoms with Gasteiger partial charge in [-0.15, -0.1) is 12.4 Å². The van der Waals surface area contributed by atoms with Gasteiger partial charge >= 0.3 is 5.97 Å². The van der Waals surface area contributed by atoms with Crippen LogP contribution < -0.4 is 10.0 Å². The van der Waals surface area contributed by atoms with E-state index >= 15 is 0 Å². The van der Waals surface area contributed by atoms with E-state index < -0.39 is 21.5 Å². The summed E-state index contributed by atoms with van der Waals surface area (Å²) in [5, 5.41) is 2.95. The van der Waals surface area contributed by atoms with Crippen LogP contribution in [0.2, 0.25) is 0 Å². The van der Waals surface area contributed by atoms with Crippen molar-refractivity contribution in [1.82, 2.24) is 10.0 Å². The van der Waals surface area contributed by atoms with Gasteiger partial charge in [-0.25, -0.2) is 17.9 Å². The van der Waals surface area contributed by atoms with Gasteiger partial charge in [0.15, 0.2) is 0 Å². The Hall–Kier alpha value is -1.13. The lowest BCUT2D eigenvalue weighted by molar-refractivity contribution is 0.0559. The third kappa shape index (κ3) is 4.67. The first-order valence-electron chi connectivity index (χ1n) is 6.84. The number of ether oxygens (including phenoxy) is 2. The Morgan fingerprint density at radius 2 is 2.17 bits per heavy atom. The zero-order valence-electron chi connectivity index (χ0n) is 13.0. The van der Waals surface area contributed by atoms with Crippen LogP contribution in [0.4, 0.5) is 0 Å². The summed E-state index contributed by atoms with van der Waals surface area (Å²) in [6.45, 7) is 1.40. The van der Waals surface area contributed by atoms with Gasteiger partial charge in [-0.2, -0.15) is 0 Å². The molecule has 0 amide bonds. The Bertz CT molecular complexity index is 624. The van der Waals surface area contributed by atoms with Crippen molar-refractivity contribution in [2.24, 2.45) is 0 Å². The summed E-state index contributed by atoms with van der Waals surface area (Å²) < 4.78 is 41.6. The smallest absolute Gasteiger partial charge is 0.374 e. The highest BCUT2D eigenvalue weighted by Crippen LogP contribution is 2.20. The lowest BCUT2D eigenvalue weighted by Gasteiger charge is -2.28. The maximum absolute atomic E-state index is 12.2. The van der Waals surface area contributed by atoms with Crippen LogP contribution in [0.3, 0.4) is 0 Å². The maximum atomic E-state index is 12.2. The van der Waals surface area contributed by atoms with Gasteiger partial charge < -0.3 is 19.2 Å². The summed E-state index contributed by atoms with van der Waals surface area (Å²) in [5.41, 5.74) is -0.417. The molecule has 10 heteroatoms. The molecule has 132 valence electrons.